The minimum absolute atomic E-state index is 0.490. The van der Waals surface area contributed by atoms with Crippen LogP contribution in [0.15, 0.2) is 91.1 Å². The van der Waals surface area contributed by atoms with Gasteiger partial charge in [-0.1, -0.05) is 48.0 Å². The second-order valence-corrected chi connectivity index (χ2v) is 13.7. The smallest absolute Gasteiger partial charge is 0.0705 e. The molecule has 0 aliphatic carbocycles. The molecule has 236 valence electrons. The van der Waals surface area contributed by atoms with Crippen molar-refractivity contribution in [1.29, 1.82) is 0 Å². The van der Waals surface area contributed by atoms with Crippen LogP contribution >= 0.6 is 0 Å². The Bertz CT molecular complexity index is 1780. The Morgan fingerprint density at radius 2 is 1.24 bits per heavy atom. The van der Waals surface area contributed by atoms with Gasteiger partial charge in [-0.2, -0.15) is 0 Å². The molecule has 0 radical (unpaired) electrons. The first-order valence-electron chi connectivity index (χ1n) is 16.9. The first-order valence-corrected chi connectivity index (χ1v) is 16.9. The number of benzene rings is 4. The molecule has 0 amide bonds. The minimum Gasteiger partial charge on any atom is -0.364 e. The lowest BCUT2D eigenvalue weighted by Gasteiger charge is -2.40. The zero-order chi connectivity index (χ0) is 32.4. The summed E-state index contributed by atoms with van der Waals surface area (Å²) >= 11 is 0. The molecule has 0 N–H and O–H groups in total. The van der Waals surface area contributed by atoms with Gasteiger partial charge in [-0.15, -0.1) is 0 Å². The number of pyridine rings is 1. The van der Waals surface area contributed by atoms with Crippen LogP contribution in [-0.4, -0.2) is 29.0 Å². The number of nitrogens with zero attached hydrogens (tertiary/aromatic N) is 3. The molecule has 46 heavy (non-hydrogen) atoms. The summed E-state index contributed by atoms with van der Waals surface area (Å²) in [7, 11) is 0. The van der Waals surface area contributed by atoms with E-state index >= 15 is 0 Å². The molecule has 0 spiro atoms. The summed E-state index contributed by atoms with van der Waals surface area (Å²) in [6, 6.07) is 32.5. The van der Waals surface area contributed by atoms with Crippen LogP contribution < -0.4 is 4.90 Å². The van der Waals surface area contributed by atoms with Crippen LogP contribution in [0.25, 0.3) is 22.4 Å². The molecule has 0 bridgehead atoms. The first kappa shape index (κ1) is 31.8. The molecule has 1 saturated heterocycles. The second-order valence-electron chi connectivity index (χ2n) is 13.7. The highest BCUT2D eigenvalue weighted by Crippen LogP contribution is 2.30. The summed E-state index contributed by atoms with van der Waals surface area (Å²) in [6.45, 7) is 19.5. The van der Waals surface area contributed by atoms with Crippen molar-refractivity contribution in [2.45, 2.75) is 80.4 Å². The van der Waals surface area contributed by atoms with E-state index in [1.165, 1.54) is 72.4 Å². The van der Waals surface area contributed by atoms with E-state index in [0.717, 1.165) is 44.7 Å². The van der Waals surface area contributed by atoms with Gasteiger partial charge in [0.1, 0.15) is 0 Å². The Hall–Kier alpha value is -4.21. The Morgan fingerprint density at radius 1 is 0.630 bits per heavy atom. The highest BCUT2D eigenvalue weighted by Gasteiger charge is 2.25. The molecule has 4 aromatic carbocycles. The molecule has 3 heteroatoms. The van der Waals surface area contributed by atoms with E-state index in [1.807, 2.05) is 6.20 Å². The van der Waals surface area contributed by atoms with Crippen molar-refractivity contribution in [2.75, 3.05) is 18.0 Å². The average molecular weight is 608 g/mol. The van der Waals surface area contributed by atoms with Gasteiger partial charge in [-0.3, -0.25) is 9.88 Å². The average Bonchev–Trinajstić information content (AvgIpc) is 3.06. The van der Waals surface area contributed by atoms with Crippen LogP contribution in [0.3, 0.4) is 0 Å². The summed E-state index contributed by atoms with van der Waals surface area (Å²) in [4.78, 5) is 10.1. The van der Waals surface area contributed by atoms with Gasteiger partial charge < -0.3 is 4.90 Å². The van der Waals surface area contributed by atoms with Crippen molar-refractivity contribution < 1.29 is 0 Å². The molecular weight excluding hydrogens is 558 g/mol. The topological polar surface area (TPSA) is 19.4 Å². The van der Waals surface area contributed by atoms with Gasteiger partial charge in [-0.05, 0) is 159 Å². The number of hydrogen-bond donors (Lipinski definition) is 0. The summed E-state index contributed by atoms with van der Waals surface area (Å²) < 4.78 is 0. The van der Waals surface area contributed by atoms with E-state index in [4.69, 9.17) is 4.98 Å². The molecule has 0 saturated carbocycles. The number of piperidine rings is 1. The Kier molecular flexibility index (Phi) is 9.42. The Morgan fingerprint density at radius 3 is 1.87 bits per heavy atom. The van der Waals surface area contributed by atoms with Gasteiger partial charge in [-0.25, -0.2) is 0 Å². The number of aromatic nitrogens is 1. The molecule has 3 nitrogen and oxygen atoms in total. The highest BCUT2D eigenvalue weighted by molar-refractivity contribution is 5.67. The maximum Gasteiger partial charge on any atom is 0.0705 e. The molecule has 1 fully saturated rings. The zero-order valence-corrected chi connectivity index (χ0v) is 28.8. The lowest BCUT2D eigenvalue weighted by molar-refractivity contribution is 0.201. The van der Waals surface area contributed by atoms with Crippen LogP contribution in [0.4, 0.5) is 5.69 Å². The number of aryl methyl sites for hydroxylation is 5. The maximum absolute atomic E-state index is 4.79. The fourth-order valence-electron chi connectivity index (χ4n) is 6.98. The Balaban J connectivity index is 1.17. The third kappa shape index (κ3) is 7.11. The molecule has 5 aromatic rings. The van der Waals surface area contributed by atoms with E-state index in [1.54, 1.807) is 0 Å². The van der Waals surface area contributed by atoms with Crippen LogP contribution in [0.2, 0.25) is 0 Å². The fourth-order valence-corrected chi connectivity index (χ4v) is 6.98. The van der Waals surface area contributed by atoms with Gasteiger partial charge in [0.25, 0.3) is 0 Å². The number of anilines is 1. The summed E-state index contributed by atoms with van der Waals surface area (Å²) in [5.74, 6) is 0. The van der Waals surface area contributed by atoms with Crippen molar-refractivity contribution in [1.82, 2.24) is 9.88 Å². The normalized spacial score (nSPS) is 14.1. The zero-order valence-electron chi connectivity index (χ0n) is 28.8. The monoisotopic (exact) mass is 607 g/mol. The van der Waals surface area contributed by atoms with Gasteiger partial charge in [0.2, 0.25) is 0 Å². The van der Waals surface area contributed by atoms with Gasteiger partial charge >= 0.3 is 0 Å². The van der Waals surface area contributed by atoms with E-state index < -0.39 is 0 Å². The van der Waals surface area contributed by atoms with Crippen molar-refractivity contribution >= 4 is 5.69 Å². The molecule has 1 aliphatic heterocycles. The fraction of sp³-hybridized carbons (Fsp3) is 0.326. The van der Waals surface area contributed by atoms with Crippen molar-refractivity contribution in [3.8, 4) is 22.4 Å². The second kappa shape index (κ2) is 13.6. The third-order valence-corrected chi connectivity index (χ3v) is 10.4. The SMILES string of the molecule is Cc1ccc(N(Cc2ccnc(-c3cc(C)c(C)c(C)c3)c2)C2CCN(Cc3cccc(-c4cc(C)c(C)c(C)c4)c3)CC2)cc1. The summed E-state index contributed by atoms with van der Waals surface area (Å²) in [5.41, 5.74) is 18.3. The molecule has 1 aliphatic rings. The van der Waals surface area contributed by atoms with Crippen LogP contribution in [0, 0.1) is 48.5 Å². The first-order chi connectivity index (χ1) is 22.1. The molecule has 6 rings (SSSR count). The molecule has 2 heterocycles. The summed E-state index contributed by atoms with van der Waals surface area (Å²) in [5, 5.41) is 0. The number of hydrogen-bond acceptors (Lipinski definition) is 3. The van der Waals surface area contributed by atoms with Crippen molar-refractivity contribution in [3.63, 3.8) is 0 Å². The van der Waals surface area contributed by atoms with E-state index in [-0.39, 0.29) is 0 Å². The summed E-state index contributed by atoms with van der Waals surface area (Å²) in [6.07, 6.45) is 4.29. The van der Waals surface area contributed by atoms with Crippen molar-refractivity contribution in [3.05, 3.63) is 141 Å². The van der Waals surface area contributed by atoms with E-state index in [9.17, 15) is 0 Å². The molecule has 0 atom stereocenters. The van der Waals surface area contributed by atoms with E-state index in [0.29, 0.717) is 6.04 Å². The van der Waals surface area contributed by atoms with Gasteiger partial charge in [0, 0.05) is 49.7 Å². The predicted octanol–water partition coefficient (Wildman–Crippen LogP) is 10.2. The maximum atomic E-state index is 4.79. The molecular formula is C43H49N3. The third-order valence-electron chi connectivity index (χ3n) is 10.4. The minimum atomic E-state index is 0.490. The van der Waals surface area contributed by atoms with Crippen molar-refractivity contribution in [2.24, 2.45) is 0 Å². The number of likely N-dealkylation sites (tertiary alicyclic amines) is 1. The largest absolute Gasteiger partial charge is 0.364 e. The van der Waals surface area contributed by atoms with E-state index in [2.05, 4.69) is 143 Å². The van der Waals surface area contributed by atoms with Crippen LogP contribution in [0.5, 0.6) is 0 Å². The van der Waals surface area contributed by atoms with Gasteiger partial charge in [0.05, 0.1) is 5.69 Å². The quantitative estimate of drug-likeness (QED) is 0.175. The van der Waals surface area contributed by atoms with Gasteiger partial charge in [0.15, 0.2) is 0 Å². The lowest BCUT2D eigenvalue weighted by atomic mass is 9.95. The lowest BCUT2D eigenvalue weighted by Crippen LogP contribution is -2.44. The molecule has 0 unspecified atom stereocenters. The Labute approximate surface area is 277 Å². The van der Waals surface area contributed by atoms with Crippen LogP contribution in [-0.2, 0) is 13.1 Å². The molecule has 1 aromatic heterocycles. The highest BCUT2D eigenvalue weighted by atomic mass is 15.2. The predicted molar refractivity (Wildman–Crippen MR) is 196 cm³/mol. The van der Waals surface area contributed by atoms with Crippen LogP contribution in [0.1, 0.15) is 62.9 Å². The number of rotatable bonds is 8. The standard InChI is InChI=1S/C43H49N3/c1-29-11-13-41(14-12-29)46(28-37-15-18-44-43(26-37)40-23-32(4)35(7)33(5)24-40)42-16-19-45(20-17-42)27-36-9-8-10-38(25-36)39-21-30(2)34(6)31(3)22-39/h8-15,18,21-26,42H,16-17,19-20,27-28H2,1-7H3.